The number of esters is 4. The molecule has 0 N–H and O–H groups in total. The predicted molar refractivity (Wildman–Crippen MR) is 235 cm³/mol. The molecule has 62 heavy (non-hydrogen) atoms. The first-order valence-corrected chi connectivity index (χ1v) is 19.9. The van der Waals surface area contributed by atoms with E-state index >= 15 is 0 Å². The normalized spacial score (nSPS) is 10.8. The van der Waals surface area contributed by atoms with Crippen LogP contribution in [0.25, 0.3) is 0 Å². The third-order valence-corrected chi connectivity index (χ3v) is 10.2. The van der Waals surface area contributed by atoms with E-state index < -0.39 is 23.9 Å². The summed E-state index contributed by atoms with van der Waals surface area (Å²) in [6.07, 6.45) is 0. The van der Waals surface area contributed by atoms with E-state index in [4.69, 9.17) is 18.9 Å². The van der Waals surface area contributed by atoms with E-state index in [-0.39, 0.29) is 11.8 Å². The number of hydrogen-bond acceptors (Lipinski definition) is 8. The Bertz CT molecular complexity index is 2370. The second kappa shape index (κ2) is 19.1. The van der Waals surface area contributed by atoms with Crippen LogP contribution in [0.15, 0.2) is 218 Å². The van der Waals surface area contributed by atoms with Crippen LogP contribution in [0.2, 0.25) is 0 Å². The maximum absolute atomic E-state index is 13.0. The van der Waals surface area contributed by atoms with Crippen molar-refractivity contribution in [2.45, 2.75) is 11.8 Å². The summed E-state index contributed by atoms with van der Waals surface area (Å²) in [4.78, 5) is 51.8. The highest BCUT2D eigenvalue weighted by Gasteiger charge is 2.29. The average molecular weight is 815 g/mol. The van der Waals surface area contributed by atoms with Gasteiger partial charge in [-0.2, -0.15) is 0 Å². The molecule has 8 rings (SSSR count). The zero-order chi connectivity index (χ0) is 42.7. The lowest BCUT2D eigenvalue weighted by Crippen LogP contribution is -2.16. The minimum atomic E-state index is -0.477. The Hall–Kier alpha value is -8.36. The van der Waals surface area contributed by atoms with Crippen LogP contribution in [0, 0.1) is 0 Å². The Morgan fingerprint density at radius 3 is 0.597 bits per heavy atom. The van der Waals surface area contributed by atoms with Crippen molar-refractivity contribution in [3.63, 3.8) is 0 Å². The first-order valence-electron chi connectivity index (χ1n) is 19.9. The largest absolute Gasteiger partial charge is 0.423 e. The van der Waals surface area contributed by atoms with Gasteiger partial charge in [-0.25, -0.2) is 19.2 Å². The van der Waals surface area contributed by atoms with Crippen molar-refractivity contribution in [3.05, 3.63) is 263 Å². The molecule has 0 aromatic heterocycles. The fourth-order valence-electron chi connectivity index (χ4n) is 7.09. The topological polar surface area (TPSA) is 105 Å². The maximum atomic E-state index is 13.0. The number of carbonyl (C=O) groups is 4. The van der Waals surface area contributed by atoms with Crippen LogP contribution in [-0.2, 0) is 0 Å². The van der Waals surface area contributed by atoms with Gasteiger partial charge in [-0.3, -0.25) is 0 Å². The third-order valence-electron chi connectivity index (χ3n) is 10.2. The molecule has 8 aromatic carbocycles. The van der Waals surface area contributed by atoms with Crippen LogP contribution in [-0.4, -0.2) is 23.9 Å². The summed E-state index contributed by atoms with van der Waals surface area (Å²) >= 11 is 0. The van der Waals surface area contributed by atoms with Crippen molar-refractivity contribution < 1.29 is 38.1 Å². The van der Waals surface area contributed by atoms with Crippen LogP contribution in [0.1, 0.15) is 75.5 Å². The fourth-order valence-corrected chi connectivity index (χ4v) is 7.09. The molecule has 0 saturated carbocycles. The SMILES string of the molecule is O=C(Oc1ccc(C(c2ccc(OC(=O)c3ccccc3)cc2)C(c2ccc(OC(=O)c3ccccc3)cc2)c2ccc(OC(=O)c3ccccc3)cc2)cc1)c1ccccc1. The first-order chi connectivity index (χ1) is 30.4. The first kappa shape index (κ1) is 40.4. The van der Waals surface area contributed by atoms with Crippen molar-refractivity contribution in [1.82, 2.24) is 0 Å². The van der Waals surface area contributed by atoms with Gasteiger partial charge in [0.1, 0.15) is 23.0 Å². The summed E-state index contributed by atoms with van der Waals surface area (Å²) in [5.74, 6) is -1.20. The van der Waals surface area contributed by atoms with E-state index in [1.165, 1.54) is 0 Å². The molecule has 0 aliphatic heterocycles. The summed E-state index contributed by atoms with van der Waals surface area (Å²) in [5, 5.41) is 0. The van der Waals surface area contributed by atoms with Gasteiger partial charge in [0.2, 0.25) is 0 Å². The summed E-state index contributed by atoms with van der Waals surface area (Å²) in [6.45, 7) is 0. The van der Waals surface area contributed by atoms with Gasteiger partial charge in [-0.15, -0.1) is 0 Å². The molecule has 0 amide bonds. The molecular weight excluding hydrogens is 777 g/mol. The van der Waals surface area contributed by atoms with E-state index in [1.54, 1.807) is 146 Å². The van der Waals surface area contributed by atoms with Crippen LogP contribution < -0.4 is 18.9 Å². The Morgan fingerprint density at radius 1 is 0.242 bits per heavy atom. The predicted octanol–water partition coefficient (Wildman–Crippen LogP) is 11.5. The second-order valence-corrected chi connectivity index (χ2v) is 14.3. The molecule has 8 aromatic rings. The van der Waals surface area contributed by atoms with Gasteiger partial charge in [0.05, 0.1) is 22.3 Å². The summed E-state index contributed by atoms with van der Waals surface area (Å²) in [7, 11) is 0. The van der Waals surface area contributed by atoms with Crippen molar-refractivity contribution >= 4 is 23.9 Å². The lowest BCUT2D eigenvalue weighted by molar-refractivity contribution is 0.0725. The number of rotatable bonds is 13. The molecule has 0 bridgehead atoms. The molecule has 0 aliphatic rings. The third kappa shape index (κ3) is 9.90. The molecule has 8 heteroatoms. The number of benzene rings is 8. The summed E-state index contributed by atoms with van der Waals surface area (Å²) < 4.78 is 23.0. The van der Waals surface area contributed by atoms with Crippen LogP contribution in [0.3, 0.4) is 0 Å². The van der Waals surface area contributed by atoms with E-state index in [2.05, 4.69) is 0 Å². The standard InChI is InChI=1S/C54H38O8/c55-51(41-13-5-1-6-14-41)59-45-29-21-37(22-30-45)49(38-23-31-46(32-24-38)60-52(56)42-15-7-2-8-16-42)50(39-25-33-47(34-26-39)61-53(57)43-17-9-3-10-18-43)40-27-35-48(36-28-40)62-54(58)44-19-11-4-12-20-44/h1-36,49-50H. The van der Waals surface area contributed by atoms with Crippen molar-refractivity contribution in [2.75, 3.05) is 0 Å². The molecule has 8 nitrogen and oxygen atoms in total. The van der Waals surface area contributed by atoms with E-state index in [9.17, 15) is 19.2 Å². The van der Waals surface area contributed by atoms with Crippen molar-refractivity contribution in [3.8, 4) is 23.0 Å². The average Bonchev–Trinajstić information content (AvgIpc) is 3.33. The Balaban J connectivity index is 1.17. The van der Waals surface area contributed by atoms with Gasteiger partial charge >= 0.3 is 23.9 Å². The Morgan fingerprint density at radius 2 is 0.419 bits per heavy atom. The molecule has 0 radical (unpaired) electrons. The molecule has 0 spiro atoms. The molecule has 0 saturated heterocycles. The van der Waals surface area contributed by atoms with Gasteiger partial charge < -0.3 is 18.9 Å². The molecule has 302 valence electrons. The van der Waals surface area contributed by atoms with Crippen molar-refractivity contribution in [1.29, 1.82) is 0 Å². The lowest BCUT2D eigenvalue weighted by atomic mass is 9.73. The highest BCUT2D eigenvalue weighted by Crippen LogP contribution is 2.44. The highest BCUT2D eigenvalue weighted by atomic mass is 16.5. The lowest BCUT2D eigenvalue weighted by Gasteiger charge is -2.30. The van der Waals surface area contributed by atoms with Crippen LogP contribution in [0.5, 0.6) is 23.0 Å². The minimum Gasteiger partial charge on any atom is -0.423 e. The van der Waals surface area contributed by atoms with Crippen LogP contribution in [0.4, 0.5) is 0 Å². The summed E-state index contributed by atoms with van der Waals surface area (Å²) in [6, 6.07) is 64.5. The Kier molecular flexibility index (Phi) is 12.5. The van der Waals surface area contributed by atoms with Crippen LogP contribution >= 0.6 is 0 Å². The smallest absolute Gasteiger partial charge is 0.343 e. The maximum Gasteiger partial charge on any atom is 0.343 e. The van der Waals surface area contributed by atoms with Crippen molar-refractivity contribution in [2.24, 2.45) is 0 Å². The molecule has 0 fully saturated rings. The van der Waals surface area contributed by atoms with E-state index in [0.717, 1.165) is 22.3 Å². The fraction of sp³-hybridized carbons (Fsp3) is 0.0370. The zero-order valence-corrected chi connectivity index (χ0v) is 33.2. The molecule has 0 unspecified atom stereocenters. The monoisotopic (exact) mass is 814 g/mol. The van der Waals surface area contributed by atoms with Gasteiger partial charge in [0, 0.05) is 11.8 Å². The quantitative estimate of drug-likeness (QED) is 0.0837. The molecule has 0 atom stereocenters. The van der Waals surface area contributed by atoms with Gasteiger partial charge in [0.15, 0.2) is 0 Å². The Labute approximate surface area is 358 Å². The number of hydrogen-bond donors (Lipinski definition) is 0. The van der Waals surface area contributed by atoms with E-state index in [1.807, 2.05) is 72.8 Å². The minimum absolute atomic E-state index is 0.371. The summed E-state index contributed by atoms with van der Waals surface area (Å²) in [5.41, 5.74) is 5.23. The van der Waals surface area contributed by atoms with Gasteiger partial charge in [-0.1, -0.05) is 121 Å². The highest BCUT2D eigenvalue weighted by molar-refractivity contribution is 5.92. The zero-order valence-electron chi connectivity index (χ0n) is 33.2. The molecule has 0 aliphatic carbocycles. The van der Waals surface area contributed by atoms with E-state index in [0.29, 0.717) is 45.3 Å². The van der Waals surface area contributed by atoms with Gasteiger partial charge in [0.25, 0.3) is 0 Å². The van der Waals surface area contributed by atoms with Gasteiger partial charge in [-0.05, 0) is 119 Å². The second-order valence-electron chi connectivity index (χ2n) is 14.3. The molecular formula is C54H38O8. The molecule has 0 heterocycles. The number of ether oxygens (including phenoxy) is 4. The number of carbonyl (C=O) groups excluding carboxylic acids is 4.